The van der Waals surface area contributed by atoms with Gasteiger partial charge in [-0.2, -0.15) is 11.8 Å². The summed E-state index contributed by atoms with van der Waals surface area (Å²) < 4.78 is 5.49. The van der Waals surface area contributed by atoms with E-state index in [0.29, 0.717) is 12.6 Å². The molecule has 2 N–H and O–H groups in total. The molecule has 0 amide bonds. The van der Waals surface area contributed by atoms with Crippen LogP contribution in [0.3, 0.4) is 0 Å². The maximum Gasteiger partial charge on any atom is 0.0666 e. The van der Waals surface area contributed by atoms with Gasteiger partial charge in [0.1, 0.15) is 0 Å². The van der Waals surface area contributed by atoms with E-state index in [0.717, 1.165) is 23.7 Å². The average Bonchev–Trinajstić information content (AvgIpc) is 2.57. The van der Waals surface area contributed by atoms with Gasteiger partial charge in [0, 0.05) is 24.7 Å². The average molecular weight is 187 g/mol. The molecule has 0 aromatic rings. The highest BCUT2D eigenvalue weighted by Gasteiger charge is 2.14. The van der Waals surface area contributed by atoms with Crippen LogP contribution >= 0.6 is 11.8 Å². The van der Waals surface area contributed by atoms with E-state index in [2.05, 4.69) is 6.58 Å². The summed E-state index contributed by atoms with van der Waals surface area (Å²) in [4.78, 5) is 0. The first-order chi connectivity index (χ1) is 5.83. The molecule has 1 atom stereocenters. The molecule has 1 fully saturated rings. The van der Waals surface area contributed by atoms with Crippen LogP contribution in [-0.4, -0.2) is 30.8 Å². The van der Waals surface area contributed by atoms with Gasteiger partial charge in [0.05, 0.1) is 6.10 Å². The van der Waals surface area contributed by atoms with Gasteiger partial charge in [-0.15, -0.1) is 0 Å². The zero-order valence-corrected chi connectivity index (χ0v) is 8.24. The Labute approximate surface area is 78.5 Å². The number of thioether (sulfide) groups is 1. The molecule has 70 valence electrons. The van der Waals surface area contributed by atoms with Crippen LogP contribution in [0.5, 0.6) is 0 Å². The second-order valence-corrected chi connectivity index (χ2v) is 4.13. The number of hydrogen-bond donors (Lipinski definition) is 1. The van der Waals surface area contributed by atoms with E-state index in [1.807, 2.05) is 11.8 Å². The molecule has 0 bridgehead atoms. The molecule has 0 aromatic carbocycles. The predicted molar refractivity (Wildman–Crippen MR) is 54.5 cm³/mol. The summed E-state index contributed by atoms with van der Waals surface area (Å²) in [6, 6.07) is 0. The molecule has 0 aliphatic carbocycles. The van der Waals surface area contributed by atoms with E-state index in [1.54, 1.807) is 0 Å². The number of hydrogen-bond acceptors (Lipinski definition) is 3. The second kappa shape index (κ2) is 5.62. The van der Waals surface area contributed by atoms with Gasteiger partial charge in [0.25, 0.3) is 0 Å². The Kier molecular flexibility index (Phi) is 4.73. The minimum atomic E-state index is 0.487. The van der Waals surface area contributed by atoms with E-state index in [9.17, 15) is 0 Å². The Morgan fingerprint density at radius 3 is 3.08 bits per heavy atom. The lowest BCUT2D eigenvalue weighted by molar-refractivity contribution is 0.129. The monoisotopic (exact) mass is 187 g/mol. The summed E-state index contributed by atoms with van der Waals surface area (Å²) in [6.45, 7) is 5.41. The van der Waals surface area contributed by atoms with Crippen molar-refractivity contribution in [3.05, 3.63) is 12.2 Å². The summed E-state index contributed by atoms with van der Waals surface area (Å²) in [5.74, 6) is 2.08. The fourth-order valence-corrected chi connectivity index (χ4v) is 2.22. The van der Waals surface area contributed by atoms with Crippen molar-refractivity contribution in [2.45, 2.75) is 18.9 Å². The van der Waals surface area contributed by atoms with Crippen LogP contribution in [-0.2, 0) is 4.74 Å². The molecular formula is C9H17NOS. The van der Waals surface area contributed by atoms with Crippen LogP contribution in [0.4, 0.5) is 0 Å². The summed E-state index contributed by atoms with van der Waals surface area (Å²) in [7, 11) is 0. The van der Waals surface area contributed by atoms with Gasteiger partial charge in [-0.25, -0.2) is 0 Å². The lowest BCUT2D eigenvalue weighted by Crippen LogP contribution is -2.10. The summed E-state index contributed by atoms with van der Waals surface area (Å²) in [5, 5.41) is 0. The number of rotatable bonds is 5. The van der Waals surface area contributed by atoms with Crippen LogP contribution in [0.25, 0.3) is 0 Å². The predicted octanol–water partition coefficient (Wildman–Crippen LogP) is 1.41. The van der Waals surface area contributed by atoms with Gasteiger partial charge in [-0.05, 0) is 12.8 Å². The molecule has 3 heteroatoms. The lowest BCUT2D eigenvalue weighted by atomic mass is 10.3. The second-order valence-electron chi connectivity index (χ2n) is 3.10. The third kappa shape index (κ3) is 3.61. The van der Waals surface area contributed by atoms with E-state index >= 15 is 0 Å². The van der Waals surface area contributed by atoms with Crippen LogP contribution < -0.4 is 5.73 Å². The summed E-state index contributed by atoms with van der Waals surface area (Å²) in [6.07, 6.45) is 2.94. The van der Waals surface area contributed by atoms with Crippen LogP contribution in [0, 0.1) is 0 Å². The molecule has 1 rings (SSSR count). The van der Waals surface area contributed by atoms with E-state index in [1.165, 1.54) is 12.8 Å². The van der Waals surface area contributed by atoms with Crippen molar-refractivity contribution < 1.29 is 4.74 Å². The molecule has 0 spiro atoms. The van der Waals surface area contributed by atoms with E-state index in [4.69, 9.17) is 10.5 Å². The first-order valence-corrected chi connectivity index (χ1v) is 5.54. The summed E-state index contributed by atoms with van der Waals surface area (Å²) >= 11 is 1.88. The smallest absolute Gasteiger partial charge is 0.0666 e. The maximum absolute atomic E-state index is 5.49. The minimum Gasteiger partial charge on any atom is -0.377 e. The van der Waals surface area contributed by atoms with Gasteiger partial charge >= 0.3 is 0 Å². The lowest BCUT2D eigenvalue weighted by Gasteiger charge is -2.08. The highest BCUT2D eigenvalue weighted by atomic mass is 32.2. The molecule has 0 aromatic heterocycles. The topological polar surface area (TPSA) is 35.2 Å². The molecule has 1 unspecified atom stereocenters. The maximum atomic E-state index is 5.49. The van der Waals surface area contributed by atoms with Gasteiger partial charge < -0.3 is 10.5 Å². The molecule has 12 heavy (non-hydrogen) atoms. The zero-order valence-electron chi connectivity index (χ0n) is 7.42. The first kappa shape index (κ1) is 10.1. The Morgan fingerprint density at radius 2 is 2.50 bits per heavy atom. The Bertz CT molecular complexity index is 143. The van der Waals surface area contributed by atoms with E-state index < -0.39 is 0 Å². The largest absolute Gasteiger partial charge is 0.377 e. The minimum absolute atomic E-state index is 0.487. The normalized spacial score (nSPS) is 22.9. The fraction of sp³-hybridized carbons (Fsp3) is 0.778. The fourth-order valence-electron chi connectivity index (χ4n) is 1.17. The summed E-state index contributed by atoms with van der Waals surface area (Å²) in [5.41, 5.74) is 6.55. The molecule has 1 aliphatic heterocycles. The van der Waals surface area contributed by atoms with Gasteiger partial charge in [-0.1, -0.05) is 12.2 Å². The third-order valence-corrected chi connectivity index (χ3v) is 3.14. The Hall–Kier alpha value is 0.01000. The molecular weight excluding hydrogens is 170 g/mol. The Balaban J connectivity index is 1.97. The van der Waals surface area contributed by atoms with Crippen molar-refractivity contribution >= 4 is 11.8 Å². The van der Waals surface area contributed by atoms with Crippen molar-refractivity contribution in [2.24, 2.45) is 5.73 Å². The highest BCUT2D eigenvalue weighted by molar-refractivity contribution is 7.99. The van der Waals surface area contributed by atoms with Crippen molar-refractivity contribution in [1.29, 1.82) is 0 Å². The molecule has 1 heterocycles. The Morgan fingerprint density at radius 1 is 1.67 bits per heavy atom. The van der Waals surface area contributed by atoms with E-state index in [-0.39, 0.29) is 0 Å². The number of ether oxygens (including phenoxy) is 1. The molecule has 1 aliphatic rings. The van der Waals surface area contributed by atoms with Crippen LogP contribution in [0.1, 0.15) is 12.8 Å². The van der Waals surface area contributed by atoms with Crippen LogP contribution in [0.2, 0.25) is 0 Å². The standard InChI is InChI=1S/C9H17NOS/c1-8(5-10)6-12-7-9-3-2-4-11-9/h9H,1-7,10H2. The highest BCUT2D eigenvalue weighted by Crippen LogP contribution is 2.17. The van der Waals surface area contributed by atoms with Crippen LogP contribution in [0.15, 0.2) is 12.2 Å². The van der Waals surface area contributed by atoms with Crippen molar-refractivity contribution in [2.75, 3.05) is 24.7 Å². The van der Waals surface area contributed by atoms with Crippen molar-refractivity contribution in [1.82, 2.24) is 0 Å². The molecule has 0 saturated carbocycles. The van der Waals surface area contributed by atoms with Gasteiger partial charge in [0.15, 0.2) is 0 Å². The molecule has 0 radical (unpaired) electrons. The quantitative estimate of drug-likeness (QED) is 0.661. The van der Waals surface area contributed by atoms with Gasteiger partial charge in [0.2, 0.25) is 0 Å². The first-order valence-electron chi connectivity index (χ1n) is 4.39. The number of nitrogens with two attached hydrogens (primary N) is 1. The van der Waals surface area contributed by atoms with Gasteiger partial charge in [-0.3, -0.25) is 0 Å². The molecule has 1 saturated heterocycles. The molecule has 2 nitrogen and oxygen atoms in total. The SMILES string of the molecule is C=C(CN)CSCC1CCCO1. The third-order valence-electron chi connectivity index (χ3n) is 1.92. The van der Waals surface area contributed by atoms with Crippen molar-refractivity contribution in [3.8, 4) is 0 Å². The zero-order chi connectivity index (χ0) is 8.81. The van der Waals surface area contributed by atoms with Crippen molar-refractivity contribution in [3.63, 3.8) is 0 Å².